The van der Waals surface area contributed by atoms with E-state index in [0.29, 0.717) is 17.0 Å². The Hall–Kier alpha value is -1.46. The van der Waals surface area contributed by atoms with E-state index in [9.17, 15) is 4.39 Å². The van der Waals surface area contributed by atoms with Gasteiger partial charge in [0.25, 0.3) is 0 Å². The topological polar surface area (TPSA) is 47.3 Å². The molecule has 0 radical (unpaired) electrons. The number of nitrogens with one attached hydrogen (secondary N) is 1. The number of nitrogens with zero attached hydrogens (tertiary/aromatic N) is 1. The van der Waals surface area contributed by atoms with Gasteiger partial charge in [0.2, 0.25) is 5.89 Å². The SMILES string of the molecule is COC1CNC(c2nc3ccc(F)cc3o2)C1. The van der Waals surface area contributed by atoms with Crippen molar-refractivity contribution < 1.29 is 13.5 Å². The summed E-state index contributed by atoms with van der Waals surface area (Å²) in [6.45, 7) is 0.786. The monoisotopic (exact) mass is 236 g/mol. The largest absolute Gasteiger partial charge is 0.439 e. The molecular formula is C12H13FN2O2. The fraction of sp³-hybridized carbons (Fsp3) is 0.417. The number of ether oxygens (including phenoxy) is 1. The molecule has 0 bridgehead atoms. The first-order valence-electron chi connectivity index (χ1n) is 5.58. The van der Waals surface area contributed by atoms with Crippen LogP contribution in [-0.4, -0.2) is 24.7 Å². The van der Waals surface area contributed by atoms with Crippen LogP contribution in [0.15, 0.2) is 22.6 Å². The molecule has 1 aromatic heterocycles. The van der Waals surface area contributed by atoms with Crippen molar-refractivity contribution in [1.82, 2.24) is 10.3 Å². The quantitative estimate of drug-likeness (QED) is 0.866. The van der Waals surface area contributed by atoms with Crippen LogP contribution in [0.3, 0.4) is 0 Å². The van der Waals surface area contributed by atoms with Crippen LogP contribution >= 0.6 is 0 Å². The van der Waals surface area contributed by atoms with Gasteiger partial charge in [0, 0.05) is 19.7 Å². The summed E-state index contributed by atoms with van der Waals surface area (Å²) in [5.74, 6) is 0.291. The molecule has 0 aliphatic carbocycles. The second-order valence-electron chi connectivity index (χ2n) is 4.22. The van der Waals surface area contributed by atoms with E-state index in [1.54, 1.807) is 13.2 Å². The van der Waals surface area contributed by atoms with Crippen molar-refractivity contribution in [1.29, 1.82) is 0 Å². The lowest BCUT2D eigenvalue weighted by Crippen LogP contribution is -2.16. The fourth-order valence-electron chi connectivity index (χ4n) is 2.14. The average Bonchev–Trinajstić information content (AvgIpc) is 2.93. The molecule has 0 spiro atoms. The van der Waals surface area contributed by atoms with Gasteiger partial charge < -0.3 is 14.5 Å². The van der Waals surface area contributed by atoms with Crippen LogP contribution in [0.25, 0.3) is 11.1 Å². The molecule has 4 nitrogen and oxygen atoms in total. The molecule has 90 valence electrons. The van der Waals surface area contributed by atoms with E-state index in [-0.39, 0.29) is 18.0 Å². The maximum Gasteiger partial charge on any atom is 0.212 e. The normalized spacial score (nSPS) is 24.6. The lowest BCUT2D eigenvalue weighted by Gasteiger charge is -2.04. The summed E-state index contributed by atoms with van der Waals surface area (Å²) >= 11 is 0. The van der Waals surface area contributed by atoms with E-state index >= 15 is 0 Å². The van der Waals surface area contributed by atoms with Crippen LogP contribution < -0.4 is 5.32 Å². The van der Waals surface area contributed by atoms with E-state index in [1.807, 2.05) is 0 Å². The molecule has 1 aromatic carbocycles. The van der Waals surface area contributed by atoms with Gasteiger partial charge >= 0.3 is 0 Å². The van der Waals surface area contributed by atoms with Gasteiger partial charge in [-0.2, -0.15) is 0 Å². The molecule has 5 heteroatoms. The van der Waals surface area contributed by atoms with Crippen LogP contribution in [0.5, 0.6) is 0 Å². The number of oxazole rings is 1. The Morgan fingerprint density at radius 1 is 1.53 bits per heavy atom. The van der Waals surface area contributed by atoms with Crippen molar-refractivity contribution in [2.75, 3.05) is 13.7 Å². The molecule has 3 rings (SSSR count). The van der Waals surface area contributed by atoms with Gasteiger partial charge in [-0.1, -0.05) is 0 Å². The molecule has 2 heterocycles. The summed E-state index contributed by atoms with van der Waals surface area (Å²) in [7, 11) is 1.69. The molecule has 2 aromatic rings. The number of methoxy groups -OCH3 is 1. The van der Waals surface area contributed by atoms with Crippen LogP contribution in [0.2, 0.25) is 0 Å². The summed E-state index contributed by atoms with van der Waals surface area (Å²) in [5, 5.41) is 3.27. The van der Waals surface area contributed by atoms with Gasteiger partial charge in [0.1, 0.15) is 11.3 Å². The van der Waals surface area contributed by atoms with Crippen molar-refractivity contribution in [2.45, 2.75) is 18.6 Å². The number of rotatable bonds is 2. The number of hydrogen-bond donors (Lipinski definition) is 1. The number of halogens is 1. The maximum atomic E-state index is 13.0. The van der Waals surface area contributed by atoms with Gasteiger partial charge in [-0.15, -0.1) is 0 Å². The lowest BCUT2D eigenvalue weighted by atomic mass is 10.2. The standard InChI is InChI=1S/C12H13FN2O2/c1-16-8-5-10(14-6-8)12-15-9-3-2-7(13)4-11(9)17-12/h2-4,8,10,14H,5-6H2,1H3. The van der Waals surface area contributed by atoms with Gasteiger partial charge in [0.15, 0.2) is 5.58 Å². The minimum atomic E-state index is -0.311. The Labute approximate surface area is 97.8 Å². The Bertz CT molecular complexity index is 540. The molecule has 2 unspecified atom stereocenters. The third kappa shape index (κ3) is 1.92. The molecule has 1 fully saturated rings. The summed E-state index contributed by atoms with van der Waals surface area (Å²) in [6.07, 6.45) is 1.01. The second kappa shape index (κ2) is 4.09. The van der Waals surface area contributed by atoms with E-state index in [0.717, 1.165) is 13.0 Å². The van der Waals surface area contributed by atoms with Crippen LogP contribution in [0.1, 0.15) is 18.4 Å². The Kier molecular flexibility index (Phi) is 2.57. The van der Waals surface area contributed by atoms with E-state index in [4.69, 9.17) is 9.15 Å². The number of aromatic nitrogens is 1. The Morgan fingerprint density at radius 2 is 2.41 bits per heavy atom. The molecule has 0 amide bonds. The summed E-state index contributed by atoms with van der Waals surface area (Å²) < 4.78 is 23.8. The van der Waals surface area contributed by atoms with Gasteiger partial charge in [-0.3, -0.25) is 0 Å². The van der Waals surface area contributed by atoms with Crippen LogP contribution in [-0.2, 0) is 4.74 Å². The average molecular weight is 236 g/mol. The molecular weight excluding hydrogens is 223 g/mol. The van der Waals surface area contributed by atoms with Gasteiger partial charge in [-0.25, -0.2) is 9.37 Å². The Morgan fingerprint density at radius 3 is 3.18 bits per heavy atom. The van der Waals surface area contributed by atoms with Crippen molar-refractivity contribution >= 4 is 11.1 Å². The number of benzene rings is 1. The zero-order chi connectivity index (χ0) is 11.8. The first-order chi connectivity index (χ1) is 8.26. The number of fused-ring (bicyclic) bond motifs is 1. The van der Waals surface area contributed by atoms with Crippen molar-refractivity contribution in [3.05, 3.63) is 29.9 Å². The van der Waals surface area contributed by atoms with Gasteiger partial charge in [0.05, 0.1) is 12.1 Å². The summed E-state index contributed by atoms with van der Waals surface area (Å²) in [4.78, 5) is 4.35. The van der Waals surface area contributed by atoms with Gasteiger partial charge in [-0.05, 0) is 18.6 Å². The Balaban J connectivity index is 1.91. The first kappa shape index (κ1) is 10.7. The number of hydrogen-bond acceptors (Lipinski definition) is 4. The molecule has 0 saturated carbocycles. The third-order valence-electron chi connectivity index (χ3n) is 3.09. The highest BCUT2D eigenvalue weighted by molar-refractivity contribution is 5.72. The second-order valence-corrected chi connectivity index (χ2v) is 4.22. The zero-order valence-corrected chi connectivity index (χ0v) is 9.44. The highest BCUT2D eigenvalue weighted by Crippen LogP contribution is 2.27. The fourth-order valence-corrected chi connectivity index (χ4v) is 2.14. The smallest absolute Gasteiger partial charge is 0.212 e. The predicted molar refractivity (Wildman–Crippen MR) is 60.1 cm³/mol. The zero-order valence-electron chi connectivity index (χ0n) is 9.44. The summed E-state index contributed by atoms with van der Waals surface area (Å²) in [5.41, 5.74) is 1.17. The van der Waals surface area contributed by atoms with Crippen LogP contribution in [0, 0.1) is 5.82 Å². The molecule has 1 N–H and O–H groups in total. The molecule has 1 aliphatic rings. The maximum absolute atomic E-state index is 13.0. The van der Waals surface area contributed by atoms with Crippen LogP contribution in [0.4, 0.5) is 4.39 Å². The minimum absolute atomic E-state index is 0.0513. The van der Waals surface area contributed by atoms with Crippen molar-refractivity contribution in [3.63, 3.8) is 0 Å². The molecule has 1 saturated heterocycles. The first-order valence-corrected chi connectivity index (χ1v) is 5.58. The third-order valence-corrected chi connectivity index (χ3v) is 3.09. The van der Waals surface area contributed by atoms with E-state index in [1.165, 1.54) is 12.1 Å². The minimum Gasteiger partial charge on any atom is -0.439 e. The lowest BCUT2D eigenvalue weighted by molar-refractivity contribution is 0.116. The highest BCUT2D eigenvalue weighted by Gasteiger charge is 2.28. The van der Waals surface area contributed by atoms with E-state index < -0.39 is 0 Å². The summed E-state index contributed by atoms with van der Waals surface area (Å²) in [6, 6.07) is 4.42. The van der Waals surface area contributed by atoms with Crippen molar-refractivity contribution in [3.8, 4) is 0 Å². The predicted octanol–water partition coefficient (Wildman–Crippen LogP) is 2.02. The van der Waals surface area contributed by atoms with E-state index in [2.05, 4.69) is 10.3 Å². The molecule has 17 heavy (non-hydrogen) atoms. The highest BCUT2D eigenvalue weighted by atomic mass is 19.1. The van der Waals surface area contributed by atoms with Crippen molar-refractivity contribution in [2.24, 2.45) is 0 Å². The molecule has 1 aliphatic heterocycles. The molecule has 2 atom stereocenters.